The van der Waals surface area contributed by atoms with Gasteiger partial charge in [0.2, 0.25) is 15.9 Å². The zero-order chi connectivity index (χ0) is 20.3. The maximum Gasteiger partial charge on any atom is 0.239 e. The average molecular weight is 421 g/mol. The van der Waals surface area contributed by atoms with Crippen molar-refractivity contribution in [1.82, 2.24) is 19.4 Å². The third-order valence-electron chi connectivity index (χ3n) is 6.42. The summed E-state index contributed by atoms with van der Waals surface area (Å²) >= 11 is 0. The molecule has 3 aliphatic rings. The Morgan fingerprint density at radius 1 is 0.966 bits per heavy atom. The van der Waals surface area contributed by atoms with Crippen LogP contribution >= 0.6 is 0 Å². The molecule has 0 aromatic heterocycles. The van der Waals surface area contributed by atoms with Crippen molar-refractivity contribution in [1.29, 1.82) is 0 Å². The first-order valence-corrected chi connectivity index (χ1v) is 12.3. The highest BCUT2D eigenvalue weighted by molar-refractivity contribution is 7.89. The highest BCUT2D eigenvalue weighted by Gasteiger charge is 2.41. The molecular formula is C21H32N4O3S. The maximum atomic E-state index is 13.0. The normalized spacial score (nSPS) is 27.2. The fraction of sp³-hybridized carbons (Fsp3) is 0.667. The van der Waals surface area contributed by atoms with Gasteiger partial charge in [-0.2, -0.15) is 0 Å². The lowest BCUT2D eigenvalue weighted by Gasteiger charge is -2.36. The van der Waals surface area contributed by atoms with Crippen molar-refractivity contribution in [2.45, 2.75) is 43.5 Å². The molecule has 0 saturated carbocycles. The van der Waals surface area contributed by atoms with E-state index in [1.54, 1.807) is 4.31 Å². The molecule has 3 fully saturated rings. The smallest absolute Gasteiger partial charge is 0.239 e. The zero-order valence-electron chi connectivity index (χ0n) is 17.0. The SMILES string of the molecule is O=C(C1CC(S(=O)(=O)N2CCCCC2)CN1)N1CCN(Cc2ccccc2)CC1. The van der Waals surface area contributed by atoms with E-state index in [-0.39, 0.29) is 11.9 Å². The van der Waals surface area contributed by atoms with E-state index in [1.165, 1.54) is 5.56 Å². The van der Waals surface area contributed by atoms with Crippen molar-refractivity contribution in [2.24, 2.45) is 0 Å². The van der Waals surface area contributed by atoms with Gasteiger partial charge in [0.15, 0.2) is 0 Å². The fourth-order valence-corrected chi connectivity index (χ4v) is 6.57. The zero-order valence-corrected chi connectivity index (χ0v) is 17.8. The highest BCUT2D eigenvalue weighted by Crippen LogP contribution is 2.23. The van der Waals surface area contributed by atoms with Crippen LogP contribution in [0.4, 0.5) is 0 Å². The number of nitrogens with one attached hydrogen (secondary N) is 1. The Labute approximate surface area is 174 Å². The first-order chi connectivity index (χ1) is 14.0. The van der Waals surface area contributed by atoms with Crippen molar-refractivity contribution < 1.29 is 13.2 Å². The van der Waals surface area contributed by atoms with E-state index in [4.69, 9.17) is 0 Å². The predicted molar refractivity (Wildman–Crippen MR) is 113 cm³/mol. The van der Waals surface area contributed by atoms with E-state index >= 15 is 0 Å². The van der Waals surface area contributed by atoms with Crippen LogP contribution in [0.25, 0.3) is 0 Å². The van der Waals surface area contributed by atoms with Gasteiger partial charge in [-0.15, -0.1) is 0 Å². The van der Waals surface area contributed by atoms with Gasteiger partial charge >= 0.3 is 0 Å². The number of rotatable bonds is 5. The lowest BCUT2D eigenvalue weighted by Crippen LogP contribution is -2.52. The predicted octanol–water partition coefficient (Wildman–Crippen LogP) is 0.877. The van der Waals surface area contributed by atoms with Crippen LogP contribution in [-0.4, -0.2) is 85.5 Å². The van der Waals surface area contributed by atoms with Gasteiger partial charge < -0.3 is 10.2 Å². The average Bonchev–Trinajstić information content (AvgIpc) is 3.26. The lowest BCUT2D eigenvalue weighted by atomic mass is 10.1. The minimum Gasteiger partial charge on any atom is -0.339 e. The minimum absolute atomic E-state index is 0.0562. The number of carbonyl (C=O) groups excluding carboxylic acids is 1. The topological polar surface area (TPSA) is 73.0 Å². The molecule has 3 saturated heterocycles. The quantitative estimate of drug-likeness (QED) is 0.766. The fourth-order valence-electron chi connectivity index (χ4n) is 4.64. The van der Waals surface area contributed by atoms with E-state index in [0.717, 1.165) is 38.9 Å². The number of piperidine rings is 1. The monoisotopic (exact) mass is 420 g/mol. The van der Waals surface area contributed by atoms with E-state index in [2.05, 4.69) is 34.5 Å². The van der Waals surface area contributed by atoms with Crippen LogP contribution < -0.4 is 5.32 Å². The first-order valence-electron chi connectivity index (χ1n) is 10.8. The maximum absolute atomic E-state index is 13.0. The van der Waals surface area contributed by atoms with Gasteiger partial charge in [0.25, 0.3) is 0 Å². The van der Waals surface area contributed by atoms with Crippen molar-refractivity contribution in [3.63, 3.8) is 0 Å². The van der Waals surface area contributed by atoms with Gasteiger partial charge in [0.1, 0.15) is 0 Å². The number of nitrogens with zero attached hydrogens (tertiary/aromatic N) is 3. The molecule has 0 spiro atoms. The molecule has 1 aromatic rings. The molecule has 0 bridgehead atoms. The molecule has 0 radical (unpaired) electrons. The number of hydrogen-bond donors (Lipinski definition) is 1. The second-order valence-corrected chi connectivity index (χ2v) is 10.6. The van der Waals surface area contributed by atoms with Gasteiger partial charge in [0, 0.05) is 52.4 Å². The van der Waals surface area contributed by atoms with Crippen LogP contribution in [0.5, 0.6) is 0 Å². The Hall–Kier alpha value is -1.48. The Bertz CT molecular complexity index is 787. The third-order valence-corrected chi connectivity index (χ3v) is 8.70. The number of piperazine rings is 1. The molecule has 29 heavy (non-hydrogen) atoms. The van der Waals surface area contributed by atoms with E-state index in [9.17, 15) is 13.2 Å². The summed E-state index contributed by atoms with van der Waals surface area (Å²) < 4.78 is 27.4. The number of benzene rings is 1. The summed E-state index contributed by atoms with van der Waals surface area (Å²) in [6.45, 7) is 5.64. The second kappa shape index (κ2) is 9.12. The number of amides is 1. The molecule has 2 atom stereocenters. The van der Waals surface area contributed by atoms with Gasteiger partial charge in [-0.3, -0.25) is 9.69 Å². The van der Waals surface area contributed by atoms with Crippen molar-refractivity contribution in [3.05, 3.63) is 35.9 Å². The van der Waals surface area contributed by atoms with Crippen LogP contribution in [0.3, 0.4) is 0 Å². The van der Waals surface area contributed by atoms with Crippen LogP contribution in [-0.2, 0) is 21.4 Å². The summed E-state index contributed by atoms with van der Waals surface area (Å²) in [7, 11) is -3.31. The molecule has 1 amide bonds. The van der Waals surface area contributed by atoms with Crippen LogP contribution in [0, 0.1) is 0 Å². The first kappa shape index (κ1) is 20.8. The molecule has 3 heterocycles. The molecule has 3 aliphatic heterocycles. The summed E-state index contributed by atoms with van der Waals surface area (Å²) in [5, 5.41) is 2.71. The minimum atomic E-state index is -3.31. The summed E-state index contributed by atoms with van der Waals surface area (Å²) in [4.78, 5) is 17.2. The molecule has 160 valence electrons. The summed E-state index contributed by atoms with van der Waals surface area (Å²) in [6.07, 6.45) is 3.37. The molecule has 7 nitrogen and oxygen atoms in total. The standard InChI is InChI=1S/C21H32N4O3S/c26-21(24-13-11-23(12-14-24)17-18-7-3-1-4-8-18)20-15-19(16-22-20)29(27,28)25-9-5-2-6-10-25/h1,3-4,7-8,19-20,22H,2,5-6,9-17H2. The molecule has 2 unspecified atom stereocenters. The molecule has 8 heteroatoms. The van der Waals surface area contributed by atoms with Gasteiger partial charge in [0.05, 0.1) is 11.3 Å². The van der Waals surface area contributed by atoms with E-state index in [1.807, 2.05) is 11.0 Å². The molecule has 0 aliphatic carbocycles. The van der Waals surface area contributed by atoms with Crippen molar-refractivity contribution >= 4 is 15.9 Å². The van der Waals surface area contributed by atoms with Crippen molar-refractivity contribution in [2.75, 3.05) is 45.8 Å². The van der Waals surface area contributed by atoms with E-state index < -0.39 is 15.3 Å². The summed E-state index contributed by atoms with van der Waals surface area (Å²) in [5.74, 6) is 0.0562. The molecule has 1 N–H and O–H groups in total. The number of hydrogen-bond acceptors (Lipinski definition) is 5. The summed E-state index contributed by atoms with van der Waals surface area (Å²) in [5.41, 5.74) is 1.29. The highest BCUT2D eigenvalue weighted by atomic mass is 32.2. The number of sulfonamides is 1. The molecule has 1 aromatic carbocycles. The second-order valence-electron chi connectivity index (χ2n) is 8.41. The van der Waals surface area contributed by atoms with Gasteiger partial charge in [-0.25, -0.2) is 12.7 Å². The Kier molecular flexibility index (Phi) is 6.53. The largest absolute Gasteiger partial charge is 0.339 e. The van der Waals surface area contributed by atoms with E-state index in [0.29, 0.717) is 39.1 Å². The lowest BCUT2D eigenvalue weighted by molar-refractivity contribution is -0.134. The third kappa shape index (κ3) is 4.82. The van der Waals surface area contributed by atoms with Crippen LogP contribution in [0.2, 0.25) is 0 Å². The number of carbonyl (C=O) groups is 1. The molecule has 4 rings (SSSR count). The van der Waals surface area contributed by atoms with Crippen LogP contribution in [0.1, 0.15) is 31.2 Å². The molecular weight excluding hydrogens is 388 g/mol. The van der Waals surface area contributed by atoms with Crippen LogP contribution in [0.15, 0.2) is 30.3 Å². The van der Waals surface area contributed by atoms with Gasteiger partial charge in [-0.1, -0.05) is 36.8 Å². The Morgan fingerprint density at radius 3 is 2.34 bits per heavy atom. The van der Waals surface area contributed by atoms with Gasteiger partial charge in [-0.05, 0) is 24.8 Å². The Morgan fingerprint density at radius 2 is 1.66 bits per heavy atom. The van der Waals surface area contributed by atoms with Crippen molar-refractivity contribution in [3.8, 4) is 0 Å². The Balaban J connectivity index is 1.27. The summed E-state index contributed by atoms with van der Waals surface area (Å²) in [6, 6.07) is 10.0.